The van der Waals surface area contributed by atoms with Crippen molar-refractivity contribution in [2.45, 2.75) is 32.7 Å². The molecule has 3 heterocycles. The number of piperidine rings is 1. The van der Waals surface area contributed by atoms with Crippen molar-refractivity contribution in [1.29, 1.82) is 0 Å². The number of pyridine rings is 1. The van der Waals surface area contributed by atoms with Gasteiger partial charge in [-0.3, -0.25) is 9.88 Å². The maximum atomic E-state index is 4.53. The van der Waals surface area contributed by atoms with Crippen molar-refractivity contribution in [3.63, 3.8) is 0 Å². The Balaban J connectivity index is 1.58. The minimum absolute atomic E-state index is 0.713. The summed E-state index contributed by atoms with van der Waals surface area (Å²) in [4.78, 5) is 11.5. The lowest BCUT2D eigenvalue weighted by atomic mass is 9.94. The molecule has 0 aliphatic carbocycles. The summed E-state index contributed by atoms with van der Waals surface area (Å²) in [7, 11) is 2.08. The molecular weight excluding hydrogens is 260 g/mol. The standard InChI is InChI=1S/C17H24N4/c1-14-5-6-16(19-11-14)13-21-8-3-4-15(12-21)10-17-18-7-9-20(17)2/h5-7,9,11,15H,3-4,8,10,12-13H2,1-2H3. The minimum Gasteiger partial charge on any atom is -0.338 e. The fourth-order valence-electron chi connectivity index (χ4n) is 3.13. The molecule has 1 atom stereocenters. The monoisotopic (exact) mass is 284 g/mol. The van der Waals surface area contributed by atoms with Crippen molar-refractivity contribution < 1.29 is 0 Å². The largest absolute Gasteiger partial charge is 0.338 e. The van der Waals surface area contributed by atoms with Crippen molar-refractivity contribution in [2.75, 3.05) is 13.1 Å². The summed E-state index contributed by atoms with van der Waals surface area (Å²) >= 11 is 0. The van der Waals surface area contributed by atoms with Crippen LogP contribution in [0.25, 0.3) is 0 Å². The van der Waals surface area contributed by atoms with E-state index in [-0.39, 0.29) is 0 Å². The maximum Gasteiger partial charge on any atom is 0.108 e. The van der Waals surface area contributed by atoms with Gasteiger partial charge in [-0.2, -0.15) is 0 Å². The highest BCUT2D eigenvalue weighted by Gasteiger charge is 2.21. The van der Waals surface area contributed by atoms with Crippen LogP contribution in [0.1, 0.15) is 29.9 Å². The van der Waals surface area contributed by atoms with E-state index in [2.05, 4.69) is 45.5 Å². The fourth-order valence-corrected chi connectivity index (χ4v) is 3.13. The number of aryl methyl sites for hydroxylation is 2. The fraction of sp³-hybridized carbons (Fsp3) is 0.529. The minimum atomic E-state index is 0.713. The topological polar surface area (TPSA) is 34.0 Å². The Hall–Kier alpha value is -1.68. The van der Waals surface area contributed by atoms with Crippen LogP contribution < -0.4 is 0 Å². The van der Waals surface area contributed by atoms with Crippen molar-refractivity contribution in [3.05, 3.63) is 47.8 Å². The van der Waals surface area contributed by atoms with Crippen LogP contribution in [0.15, 0.2) is 30.7 Å². The average Bonchev–Trinajstić information content (AvgIpc) is 2.87. The van der Waals surface area contributed by atoms with E-state index >= 15 is 0 Å². The third kappa shape index (κ3) is 3.70. The second-order valence-corrected chi connectivity index (χ2v) is 6.23. The van der Waals surface area contributed by atoms with Gasteiger partial charge in [-0.05, 0) is 43.9 Å². The molecule has 1 unspecified atom stereocenters. The van der Waals surface area contributed by atoms with Crippen LogP contribution in [0.4, 0.5) is 0 Å². The first kappa shape index (κ1) is 14.3. The van der Waals surface area contributed by atoms with Gasteiger partial charge in [0.15, 0.2) is 0 Å². The quantitative estimate of drug-likeness (QED) is 0.865. The molecule has 4 heteroatoms. The SMILES string of the molecule is Cc1ccc(CN2CCCC(Cc3nccn3C)C2)nc1. The summed E-state index contributed by atoms with van der Waals surface area (Å²) in [6.45, 7) is 5.40. The van der Waals surface area contributed by atoms with Crippen LogP contribution in [0, 0.1) is 12.8 Å². The van der Waals surface area contributed by atoms with Gasteiger partial charge in [0.05, 0.1) is 5.69 Å². The van der Waals surface area contributed by atoms with Gasteiger partial charge >= 0.3 is 0 Å². The van der Waals surface area contributed by atoms with E-state index in [4.69, 9.17) is 0 Å². The molecule has 2 aromatic rings. The summed E-state index contributed by atoms with van der Waals surface area (Å²) < 4.78 is 2.14. The molecule has 1 aliphatic rings. The van der Waals surface area contributed by atoms with Gasteiger partial charge in [-0.25, -0.2) is 4.98 Å². The zero-order valence-corrected chi connectivity index (χ0v) is 13.0. The molecule has 112 valence electrons. The predicted molar refractivity (Wildman–Crippen MR) is 83.9 cm³/mol. The first-order valence-electron chi connectivity index (χ1n) is 7.81. The van der Waals surface area contributed by atoms with Crippen LogP contribution in [0.5, 0.6) is 0 Å². The number of hydrogen-bond acceptors (Lipinski definition) is 3. The highest BCUT2D eigenvalue weighted by atomic mass is 15.1. The van der Waals surface area contributed by atoms with Crippen molar-refractivity contribution in [3.8, 4) is 0 Å². The molecule has 0 N–H and O–H groups in total. The molecule has 0 spiro atoms. The summed E-state index contributed by atoms with van der Waals surface area (Å²) in [6.07, 6.45) is 9.57. The lowest BCUT2D eigenvalue weighted by Gasteiger charge is -2.32. The van der Waals surface area contributed by atoms with Crippen molar-refractivity contribution >= 4 is 0 Å². The number of aromatic nitrogens is 3. The Morgan fingerprint density at radius 2 is 2.19 bits per heavy atom. The number of hydrogen-bond donors (Lipinski definition) is 0. The molecule has 21 heavy (non-hydrogen) atoms. The van der Waals surface area contributed by atoms with E-state index in [0.717, 1.165) is 19.5 Å². The molecule has 1 fully saturated rings. The highest BCUT2D eigenvalue weighted by Crippen LogP contribution is 2.21. The average molecular weight is 284 g/mol. The van der Waals surface area contributed by atoms with Crippen LogP contribution in [-0.2, 0) is 20.0 Å². The van der Waals surface area contributed by atoms with Gasteiger partial charge in [0, 0.05) is 45.1 Å². The van der Waals surface area contributed by atoms with Gasteiger partial charge in [0.2, 0.25) is 0 Å². The van der Waals surface area contributed by atoms with Crippen LogP contribution >= 0.6 is 0 Å². The zero-order chi connectivity index (χ0) is 14.7. The first-order valence-corrected chi connectivity index (χ1v) is 7.81. The number of imidazole rings is 1. The summed E-state index contributed by atoms with van der Waals surface area (Å²) in [5, 5.41) is 0. The zero-order valence-electron chi connectivity index (χ0n) is 13.0. The van der Waals surface area contributed by atoms with E-state index in [9.17, 15) is 0 Å². The van der Waals surface area contributed by atoms with Gasteiger partial charge in [-0.1, -0.05) is 6.07 Å². The smallest absolute Gasteiger partial charge is 0.108 e. The third-order valence-electron chi connectivity index (χ3n) is 4.35. The highest BCUT2D eigenvalue weighted by molar-refractivity contribution is 5.12. The van der Waals surface area contributed by atoms with Gasteiger partial charge in [0.25, 0.3) is 0 Å². The molecule has 1 aliphatic heterocycles. The number of rotatable bonds is 4. The summed E-state index contributed by atoms with van der Waals surface area (Å²) in [5.41, 5.74) is 2.41. The van der Waals surface area contributed by atoms with Gasteiger partial charge in [-0.15, -0.1) is 0 Å². The molecular formula is C17H24N4. The molecule has 0 amide bonds. The van der Waals surface area contributed by atoms with Crippen LogP contribution in [0.2, 0.25) is 0 Å². The lowest BCUT2D eigenvalue weighted by Crippen LogP contribution is -2.36. The van der Waals surface area contributed by atoms with E-state index in [0.29, 0.717) is 5.92 Å². The second kappa shape index (κ2) is 6.39. The lowest BCUT2D eigenvalue weighted by molar-refractivity contribution is 0.163. The van der Waals surface area contributed by atoms with Crippen LogP contribution in [0.3, 0.4) is 0 Å². The molecule has 0 saturated carbocycles. The normalized spacial score (nSPS) is 19.8. The molecule has 4 nitrogen and oxygen atoms in total. The summed E-state index contributed by atoms with van der Waals surface area (Å²) in [5.74, 6) is 1.92. The molecule has 3 rings (SSSR count). The van der Waals surface area contributed by atoms with Gasteiger partial charge in [0.1, 0.15) is 5.82 Å². The predicted octanol–water partition coefficient (Wildman–Crippen LogP) is 2.58. The van der Waals surface area contributed by atoms with E-state index in [1.807, 2.05) is 18.6 Å². The molecule has 0 bridgehead atoms. The Bertz CT molecular complexity index is 573. The Morgan fingerprint density at radius 1 is 1.29 bits per heavy atom. The first-order chi connectivity index (χ1) is 10.2. The molecule has 2 aromatic heterocycles. The maximum absolute atomic E-state index is 4.53. The Morgan fingerprint density at radius 3 is 2.90 bits per heavy atom. The summed E-state index contributed by atoms with van der Waals surface area (Å²) in [6, 6.07) is 4.30. The number of nitrogens with zero attached hydrogens (tertiary/aromatic N) is 4. The van der Waals surface area contributed by atoms with Crippen molar-refractivity contribution in [1.82, 2.24) is 19.4 Å². The van der Waals surface area contributed by atoms with Crippen molar-refractivity contribution in [2.24, 2.45) is 13.0 Å². The van der Waals surface area contributed by atoms with E-state index in [1.54, 1.807) is 0 Å². The second-order valence-electron chi connectivity index (χ2n) is 6.23. The third-order valence-corrected chi connectivity index (χ3v) is 4.35. The van der Waals surface area contributed by atoms with E-state index < -0.39 is 0 Å². The van der Waals surface area contributed by atoms with Crippen LogP contribution in [-0.4, -0.2) is 32.5 Å². The van der Waals surface area contributed by atoms with E-state index in [1.165, 1.54) is 36.5 Å². The van der Waals surface area contributed by atoms with Gasteiger partial charge < -0.3 is 4.57 Å². The Kier molecular flexibility index (Phi) is 4.34. The Labute approximate surface area is 126 Å². The molecule has 0 aromatic carbocycles. The number of likely N-dealkylation sites (tertiary alicyclic amines) is 1. The molecule has 0 radical (unpaired) electrons. The molecule has 1 saturated heterocycles.